The van der Waals surface area contributed by atoms with Crippen LogP contribution in [0.2, 0.25) is 0 Å². The molecule has 0 fully saturated rings. The van der Waals surface area contributed by atoms with Crippen LogP contribution in [0.25, 0.3) is 0 Å². The quantitative estimate of drug-likeness (QED) is 0.459. The Kier molecular flexibility index (Phi) is 4.18. The molecule has 0 amide bonds. The molecule has 0 aromatic heterocycles. The van der Waals surface area contributed by atoms with Gasteiger partial charge in [0.2, 0.25) is 5.78 Å². The van der Waals surface area contributed by atoms with Crippen LogP contribution in [0.3, 0.4) is 0 Å². The Labute approximate surface area is 91.5 Å². The van der Waals surface area contributed by atoms with E-state index in [9.17, 15) is 4.79 Å². The minimum absolute atomic E-state index is 0. The van der Waals surface area contributed by atoms with E-state index in [-0.39, 0.29) is 7.21 Å². The van der Waals surface area contributed by atoms with Crippen molar-refractivity contribution in [2.75, 3.05) is 0 Å². The first-order chi connectivity index (χ1) is 7.22. The molecule has 0 aliphatic heterocycles. The van der Waals surface area contributed by atoms with Crippen molar-refractivity contribution in [3.05, 3.63) is 47.7 Å². The number of rotatable bonds is 4. The molecule has 0 saturated carbocycles. The van der Waals surface area contributed by atoms with Gasteiger partial charge in [-0.2, -0.15) is 0 Å². The van der Waals surface area contributed by atoms with Crippen molar-refractivity contribution in [2.45, 2.75) is 13.5 Å². The summed E-state index contributed by atoms with van der Waals surface area (Å²) < 4.78 is 0. The molecule has 0 radical (unpaired) electrons. The first-order valence-electron chi connectivity index (χ1n) is 4.69. The van der Waals surface area contributed by atoms with E-state index in [1.165, 1.54) is 11.6 Å². The Bertz CT molecular complexity index is 404. The molecule has 0 unspecified atom stereocenters. The zero-order valence-electron chi connectivity index (χ0n) is 8.66. The molecule has 0 heterocycles. The lowest BCUT2D eigenvalue weighted by Crippen LogP contribution is -2.11. The number of carbonyl (C=O) groups is 1. The zero-order valence-corrected chi connectivity index (χ0v) is 8.66. The Hall–Kier alpha value is -2.01. The maximum Gasteiger partial charge on any atom is 0.230 e. The van der Waals surface area contributed by atoms with Gasteiger partial charge < -0.3 is 5.32 Å². The van der Waals surface area contributed by atoms with Crippen LogP contribution in [0.1, 0.15) is 13.9 Å². The molecule has 2 nitrogen and oxygen atoms in total. The van der Waals surface area contributed by atoms with E-state index in [1.54, 1.807) is 0 Å². The summed E-state index contributed by atoms with van der Waals surface area (Å²) in [6.45, 7) is 2.51. The lowest BCUT2D eigenvalue weighted by atomic mass is 10.2. The van der Waals surface area contributed by atoms with E-state index in [1.807, 2.05) is 43.2 Å². The van der Waals surface area contributed by atoms with Crippen molar-refractivity contribution in [2.24, 2.45) is 0 Å². The van der Waals surface area contributed by atoms with Gasteiger partial charge in [-0.25, -0.2) is 0 Å². The van der Waals surface area contributed by atoms with Crippen molar-refractivity contribution in [3.63, 3.8) is 0 Å². The molecule has 0 atom stereocenters. The predicted octanol–water partition coefficient (Wildman–Crippen LogP) is 2.13. The molecule has 1 rings (SSSR count). The molecule has 2 heteroatoms. The first kappa shape index (κ1) is 11.1. The Morgan fingerprint density at radius 2 is 2.20 bits per heavy atom. The third-order valence-electron chi connectivity index (χ3n) is 1.90. The summed E-state index contributed by atoms with van der Waals surface area (Å²) in [4.78, 5) is 10.9. The second-order valence-electron chi connectivity index (χ2n) is 3.18. The van der Waals surface area contributed by atoms with Crippen LogP contribution in [0.4, 0.5) is 0 Å². The van der Waals surface area contributed by atoms with Crippen molar-refractivity contribution in [1.82, 2.24) is 5.32 Å². The number of ketones is 1. The molecular formula is C13H15NO. The zero-order chi connectivity index (χ0) is 11.1. The van der Waals surface area contributed by atoms with Crippen LogP contribution < -0.4 is 5.32 Å². The summed E-state index contributed by atoms with van der Waals surface area (Å²) in [7, 11) is 0. The highest BCUT2D eigenvalue weighted by Crippen LogP contribution is 1.99. The van der Waals surface area contributed by atoms with Gasteiger partial charge >= 0.3 is 0 Å². The summed E-state index contributed by atoms with van der Waals surface area (Å²) in [5, 5.41) is 3.11. The maximum atomic E-state index is 10.9. The summed E-state index contributed by atoms with van der Waals surface area (Å²) in [5.41, 5.74) is 1.94. The third-order valence-corrected chi connectivity index (χ3v) is 1.90. The SMILES string of the molecule is C#CC(=O)/C=C(/C)NCc1ccccc1.[HH]. The van der Waals surface area contributed by atoms with Crippen LogP contribution in [-0.4, -0.2) is 5.78 Å². The van der Waals surface area contributed by atoms with E-state index in [2.05, 4.69) is 5.32 Å². The second-order valence-corrected chi connectivity index (χ2v) is 3.18. The van der Waals surface area contributed by atoms with Crippen LogP contribution in [0, 0.1) is 12.3 Å². The Morgan fingerprint density at radius 1 is 1.53 bits per heavy atom. The Balaban J connectivity index is 0.00000225. The van der Waals surface area contributed by atoms with Crippen molar-refractivity contribution in [3.8, 4) is 12.3 Å². The highest BCUT2D eigenvalue weighted by atomic mass is 16.1. The van der Waals surface area contributed by atoms with Gasteiger partial charge in [-0.1, -0.05) is 30.3 Å². The third kappa shape index (κ3) is 4.15. The maximum absolute atomic E-state index is 10.9. The van der Waals surface area contributed by atoms with Gasteiger partial charge in [0.1, 0.15) is 0 Å². The number of hydrogen-bond acceptors (Lipinski definition) is 2. The second kappa shape index (κ2) is 5.66. The molecule has 78 valence electrons. The summed E-state index contributed by atoms with van der Waals surface area (Å²) in [6.07, 6.45) is 6.38. The minimum Gasteiger partial charge on any atom is -0.384 e. The number of allylic oxidation sites excluding steroid dienone is 2. The molecule has 0 aliphatic carbocycles. The molecule has 1 aromatic carbocycles. The first-order valence-corrected chi connectivity index (χ1v) is 4.69. The largest absolute Gasteiger partial charge is 0.384 e. The lowest BCUT2D eigenvalue weighted by Gasteiger charge is -2.05. The average molecular weight is 201 g/mol. The van der Waals surface area contributed by atoms with Crippen molar-refractivity contribution < 1.29 is 6.22 Å². The molecular weight excluding hydrogens is 186 g/mol. The standard InChI is InChI=1S/C13H13NO.H2/c1-3-13(15)9-11(2)14-10-12-7-5-4-6-8-12;/h1,4-9,14H,10H2,2H3;1H/b11-9-;. The predicted molar refractivity (Wildman–Crippen MR) is 63.0 cm³/mol. The Morgan fingerprint density at radius 3 is 2.80 bits per heavy atom. The monoisotopic (exact) mass is 201 g/mol. The number of carbonyl (C=O) groups excluding carboxylic acids is 1. The van der Waals surface area contributed by atoms with Gasteiger partial charge in [0.15, 0.2) is 0 Å². The number of nitrogens with one attached hydrogen (secondary N) is 1. The van der Waals surface area contributed by atoms with E-state index in [0.717, 1.165) is 5.70 Å². The normalized spacial score (nSPS) is 10.5. The van der Waals surface area contributed by atoms with E-state index in [4.69, 9.17) is 6.42 Å². The molecule has 0 aliphatic rings. The smallest absolute Gasteiger partial charge is 0.230 e. The van der Waals surface area contributed by atoms with Gasteiger partial charge in [-0.15, -0.1) is 6.42 Å². The van der Waals surface area contributed by atoms with Crippen LogP contribution in [0.15, 0.2) is 42.1 Å². The van der Waals surface area contributed by atoms with E-state index >= 15 is 0 Å². The summed E-state index contributed by atoms with van der Waals surface area (Å²) >= 11 is 0. The molecule has 0 bridgehead atoms. The highest BCUT2D eigenvalue weighted by Gasteiger charge is 1.94. The number of terminal acetylenes is 1. The lowest BCUT2D eigenvalue weighted by molar-refractivity contribution is -0.109. The fourth-order valence-electron chi connectivity index (χ4n) is 1.13. The number of hydrogen-bond donors (Lipinski definition) is 1. The van der Waals surface area contributed by atoms with E-state index in [0.29, 0.717) is 6.54 Å². The highest BCUT2D eigenvalue weighted by molar-refractivity contribution is 6.04. The summed E-state index contributed by atoms with van der Waals surface area (Å²) in [5.74, 6) is 1.73. The van der Waals surface area contributed by atoms with Crippen LogP contribution in [-0.2, 0) is 11.3 Å². The molecule has 1 N–H and O–H groups in total. The average Bonchev–Trinajstić information content (AvgIpc) is 2.27. The van der Waals surface area contributed by atoms with Gasteiger partial charge in [0.25, 0.3) is 0 Å². The minimum atomic E-state index is -0.312. The van der Waals surface area contributed by atoms with Crippen LogP contribution >= 0.6 is 0 Å². The molecule has 15 heavy (non-hydrogen) atoms. The topological polar surface area (TPSA) is 29.1 Å². The van der Waals surface area contributed by atoms with E-state index < -0.39 is 0 Å². The molecule has 0 saturated heterocycles. The van der Waals surface area contributed by atoms with Gasteiger partial charge in [-0.3, -0.25) is 4.79 Å². The fourth-order valence-corrected chi connectivity index (χ4v) is 1.13. The van der Waals surface area contributed by atoms with Gasteiger partial charge in [0, 0.05) is 19.7 Å². The number of benzene rings is 1. The fraction of sp³-hybridized carbons (Fsp3) is 0.154. The van der Waals surface area contributed by atoms with Gasteiger partial charge in [0.05, 0.1) is 0 Å². The molecule has 0 spiro atoms. The van der Waals surface area contributed by atoms with Crippen LogP contribution in [0.5, 0.6) is 0 Å². The van der Waals surface area contributed by atoms with Gasteiger partial charge in [-0.05, 0) is 18.4 Å². The molecule has 1 aromatic rings. The van der Waals surface area contributed by atoms with Crippen molar-refractivity contribution in [1.29, 1.82) is 0 Å². The van der Waals surface area contributed by atoms with Crippen molar-refractivity contribution >= 4 is 5.78 Å². The summed E-state index contributed by atoms with van der Waals surface area (Å²) in [6, 6.07) is 9.95.